The van der Waals surface area contributed by atoms with Crippen molar-refractivity contribution in [2.45, 2.75) is 4.90 Å². The zero-order chi connectivity index (χ0) is 20.1. The molecular formula is C21H23Cl2N3OS2. The largest absolute Gasteiger partial charge is 0.308 e. The molecule has 4 nitrogen and oxygen atoms in total. The number of likely N-dealkylation sites (N-methyl/N-ethyl adjacent to an activating group) is 1. The molecule has 0 bridgehead atoms. The van der Waals surface area contributed by atoms with Crippen LogP contribution in [-0.2, 0) is 4.79 Å². The van der Waals surface area contributed by atoms with Gasteiger partial charge in [0.05, 0.1) is 10.2 Å². The lowest BCUT2D eigenvalue weighted by Gasteiger charge is -2.20. The van der Waals surface area contributed by atoms with Gasteiger partial charge in [0, 0.05) is 29.1 Å². The van der Waals surface area contributed by atoms with E-state index in [4.69, 9.17) is 16.6 Å². The van der Waals surface area contributed by atoms with Crippen LogP contribution in [0.15, 0.2) is 53.4 Å². The van der Waals surface area contributed by atoms with Gasteiger partial charge in [0.2, 0.25) is 0 Å². The highest BCUT2D eigenvalue weighted by Gasteiger charge is 2.18. The number of aromatic nitrogens is 1. The van der Waals surface area contributed by atoms with Crippen LogP contribution in [0.3, 0.4) is 0 Å². The number of thioether (sulfide) groups is 1. The molecule has 1 heterocycles. The molecule has 0 spiro atoms. The normalized spacial score (nSPS) is 11.2. The van der Waals surface area contributed by atoms with E-state index in [0.29, 0.717) is 16.7 Å². The SMILES string of the molecule is CSc1ccc2nc(N(CCN(C)C)C(=O)C=Cc3ccccc3Cl)sc2c1.Cl. The Morgan fingerprint density at radius 1 is 1.21 bits per heavy atom. The van der Waals surface area contributed by atoms with Crippen molar-refractivity contribution in [2.75, 3.05) is 38.3 Å². The Kier molecular flexibility index (Phi) is 8.99. The summed E-state index contributed by atoms with van der Waals surface area (Å²) in [6.07, 6.45) is 5.37. The van der Waals surface area contributed by atoms with Crippen molar-refractivity contribution in [1.82, 2.24) is 9.88 Å². The fourth-order valence-electron chi connectivity index (χ4n) is 2.60. The molecule has 8 heteroatoms. The molecule has 0 saturated heterocycles. The predicted octanol–water partition coefficient (Wildman–Crippen LogP) is 5.70. The lowest BCUT2D eigenvalue weighted by atomic mass is 10.2. The summed E-state index contributed by atoms with van der Waals surface area (Å²) in [6.45, 7) is 1.31. The van der Waals surface area contributed by atoms with Crippen LogP contribution in [0.4, 0.5) is 5.13 Å². The van der Waals surface area contributed by atoms with Crippen LogP contribution in [0.25, 0.3) is 16.3 Å². The van der Waals surface area contributed by atoms with Gasteiger partial charge in [-0.3, -0.25) is 9.69 Å². The minimum atomic E-state index is -0.106. The number of anilines is 1. The molecule has 0 N–H and O–H groups in total. The maximum Gasteiger partial charge on any atom is 0.252 e. The lowest BCUT2D eigenvalue weighted by molar-refractivity contribution is -0.114. The summed E-state index contributed by atoms with van der Waals surface area (Å²) in [5, 5.41) is 1.33. The number of halogens is 2. The summed E-state index contributed by atoms with van der Waals surface area (Å²) >= 11 is 9.43. The average Bonchev–Trinajstić information content (AvgIpc) is 3.09. The number of thiazole rings is 1. The van der Waals surface area contributed by atoms with E-state index in [0.717, 1.165) is 22.3 Å². The van der Waals surface area contributed by atoms with Crippen LogP contribution in [0.2, 0.25) is 5.02 Å². The zero-order valence-corrected chi connectivity index (χ0v) is 19.7. The Morgan fingerprint density at radius 2 is 1.97 bits per heavy atom. The molecule has 0 fully saturated rings. The Labute approximate surface area is 191 Å². The van der Waals surface area contributed by atoms with Gasteiger partial charge in [0.1, 0.15) is 0 Å². The number of carbonyl (C=O) groups is 1. The van der Waals surface area contributed by atoms with E-state index in [1.54, 1.807) is 40.2 Å². The number of amides is 1. The molecule has 0 aliphatic carbocycles. The van der Waals surface area contributed by atoms with Gasteiger partial charge in [-0.25, -0.2) is 4.98 Å². The first-order valence-corrected chi connectivity index (χ1v) is 11.2. The molecule has 2 aromatic carbocycles. The summed E-state index contributed by atoms with van der Waals surface area (Å²) in [4.78, 5) is 22.6. The van der Waals surface area contributed by atoms with Gasteiger partial charge >= 0.3 is 0 Å². The Morgan fingerprint density at radius 3 is 2.66 bits per heavy atom. The van der Waals surface area contributed by atoms with E-state index in [-0.39, 0.29) is 18.3 Å². The minimum Gasteiger partial charge on any atom is -0.308 e. The fourth-order valence-corrected chi connectivity index (χ4v) is 4.35. The Bertz CT molecular complexity index is 1000. The van der Waals surface area contributed by atoms with Gasteiger partial charge in [-0.15, -0.1) is 24.2 Å². The predicted molar refractivity (Wildman–Crippen MR) is 130 cm³/mol. The molecular weight excluding hydrogens is 445 g/mol. The number of hydrogen-bond donors (Lipinski definition) is 0. The van der Waals surface area contributed by atoms with E-state index in [9.17, 15) is 4.79 Å². The van der Waals surface area contributed by atoms with Crippen LogP contribution in [0.5, 0.6) is 0 Å². The van der Waals surface area contributed by atoms with Crippen molar-refractivity contribution in [2.24, 2.45) is 0 Å². The van der Waals surface area contributed by atoms with Gasteiger partial charge in [0.25, 0.3) is 5.91 Å². The first-order valence-electron chi connectivity index (χ1n) is 8.81. The molecule has 3 aromatic rings. The second-order valence-electron chi connectivity index (χ2n) is 6.48. The Balaban J connectivity index is 0.00000300. The topological polar surface area (TPSA) is 36.4 Å². The summed E-state index contributed by atoms with van der Waals surface area (Å²) < 4.78 is 1.08. The van der Waals surface area contributed by atoms with Crippen molar-refractivity contribution in [3.05, 3.63) is 59.1 Å². The van der Waals surface area contributed by atoms with Crippen molar-refractivity contribution < 1.29 is 4.79 Å². The first-order chi connectivity index (χ1) is 13.5. The number of hydrogen-bond acceptors (Lipinski definition) is 5. The number of nitrogens with zero attached hydrogens (tertiary/aromatic N) is 3. The zero-order valence-electron chi connectivity index (χ0n) is 16.5. The molecule has 29 heavy (non-hydrogen) atoms. The van der Waals surface area contributed by atoms with Crippen molar-refractivity contribution in [3.8, 4) is 0 Å². The molecule has 0 aliphatic rings. The number of rotatable bonds is 7. The number of carbonyl (C=O) groups excluding carboxylic acids is 1. The van der Waals surface area contributed by atoms with Crippen molar-refractivity contribution >= 4 is 74.4 Å². The van der Waals surface area contributed by atoms with E-state index in [2.05, 4.69) is 23.3 Å². The molecule has 0 saturated carbocycles. The first kappa shape index (κ1) is 23.7. The van der Waals surface area contributed by atoms with E-state index in [1.807, 2.05) is 44.4 Å². The van der Waals surface area contributed by atoms with Gasteiger partial charge in [0.15, 0.2) is 5.13 Å². The maximum absolute atomic E-state index is 13.0. The highest BCUT2D eigenvalue weighted by Crippen LogP contribution is 2.31. The highest BCUT2D eigenvalue weighted by molar-refractivity contribution is 7.98. The van der Waals surface area contributed by atoms with Crippen LogP contribution < -0.4 is 4.90 Å². The summed E-state index contributed by atoms with van der Waals surface area (Å²) in [6, 6.07) is 13.7. The van der Waals surface area contributed by atoms with E-state index >= 15 is 0 Å². The van der Waals surface area contributed by atoms with Crippen molar-refractivity contribution in [3.63, 3.8) is 0 Å². The molecule has 154 valence electrons. The number of benzene rings is 2. The standard InChI is InChI=1S/C21H22ClN3OS2.ClH/c1-24(2)12-13-25(20(26)11-8-15-6-4-5-7-17(15)22)21-23-18-10-9-16(27-3)14-19(18)28-21;/h4-11,14H,12-13H2,1-3H3;1H. The van der Waals surface area contributed by atoms with Gasteiger partial charge < -0.3 is 4.90 Å². The second kappa shape index (κ2) is 11.0. The highest BCUT2D eigenvalue weighted by atomic mass is 35.5. The average molecular weight is 468 g/mol. The molecule has 0 radical (unpaired) electrons. The minimum absolute atomic E-state index is 0. The summed E-state index contributed by atoms with van der Waals surface area (Å²) in [5.41, 5.74) is 1.73. The van der Waals surface area contributed by atoms with Crippen LogP contribution in [-0.4, -0.2) is 49.2 Å². The third-order valence-electron chi connectivity index (χ3n) is 4.16. The summed E-state index contributed by atoms with van der Waals surface area (Å²) in [7, 11) is 3.98. The second-order valence-corrected chi connectivity index (χ2v) is 8.77. The molecule has 3 rings (SSSR count). The molecule has 0 atom stereocenters. The maximum atomic E-state index is 13.0. The van der Waals surface area contributed by atoms with E-state index in [1.165, 1.54) is 4.90 Å². The molecule has 1 amide bonds. The quantitative estimate of drug-likeness (QED) is 0.329. The van der Waals surface area contributed by atoms with Gasteiger partial charge in [-0.1, -0.05) is 41.1 Å². The fraction of sp³-hybridized carbons (Fsp3) is 0.238. The molecule has 0 unspecified atom stereocenters. The third kappa shape index (κ3) is 6.20. The summed E-state index contributed by atoms with van der Waals surface area (Å²) in [5.74, 6) is -0.106. The number of fused-ring (bicyclic) bond motifs is 1. The monoisotopic (exact) mass is 467 g/mol. The van der Waals surface area contributed by atoms with Crippen molar-refractivity contribution in [1.29, 1.82) is 0 Å². The molecule has 1 aromatic heterocycles. The molecule has 0 aliphatic heterocycles. The third-order valence-corrected chi connectivity index (χ3v) is 6.27. The van der Waals surface area contributed by atoms with Crippen LogP contribution in [0, 0.1) is 0 Å². The van der Waals surface area contributed by atoms with Gasteiger partial charge in [-0.2, -0.15) is 0 Å². The van der Waals surface area contributed by atoms with Crippen LogP contribution >= 0.6 is 47.1 Å². The van der Waals surface area contributed by atoms with Crippen LogP contribution in [0.1, 0.15) is 5.56 Å². The van der Waals surface area contributed by atoms with E-state index < -0.39 is 0 Å². The Hall–Kier alpha value is -1.57. The smallest absolute Gasteiger partial charge is 0.252 e. The lowest BCUT2D eigenvalue weighted by Crippen LogP contribution is -2.35. The van der Waals surface area contributed by atoms with Gasteiger partial charge in [-0.05, 0) is 56.3 Å².